The van der Waals surface area contributed by atoms with Crippen LogP contribution in [0.4, 0.5) is 10.6 Å². The lowest BCUT2D eigenvalue weighted by Gasteiger charge is -2.31. The first-order chi connectivity index (χ1) is 12.5. The number of carbonyl (C=O) groups excluding carboxylic acids is 3. The maximum absolute atomic E-state index is 12.3. The summed E-state index contributed by atoms with van der Waals surface area (Å²) in [7, 11) is 0. The Labute approximate surface area is 151 Å². The van der Waals surface area contributed by atoms with E-state index in [0.717, 1.165) is 0 Å². The van der Waals surface area contributed by atoms with Gasteiger partial charge in [0.15, 0.2) is 5.82 Å². The molecule has 1 saturated heterocycles. The summed E-state index contributed by atoms with van der Waals surface area (Å²) in [5, 5.41) is 9.37. The van der Waals surface area contributed by atoms with E-state index >= 15 is 0 Å². The van der Waals surface area contributed by atoms with Crippen LogP contribution < -0.4 is 10.6 Å². The Kier molecular flexibility index (Phi) is 5.43. The van der Waals surface area contributed by atoms with Crippen LogP contribution in [-0.4, -0.2) is 53.7 Å². The van der Waals surface area contributed by atoms with Crippen LogP contribution in [0.25, 0.3) is 0 Å². The molecule has 2 N–H and O–H groups in total. The molecule has 3 rings (SSSR count). The number of aromatic nitrogens is 1. The highest BCUT2D eigenvalue weighted by molar-refractivity contribution is 5.99. The van der Waals surface area contributed by atoms with Crippen molar-refractivity contribution in [3.8, 4) is 0 Å². The molecule has 1 aliphatic heterocycles. The second kappa shape index (κ2) is 7.76. The molecule has 2 fully saturated rings. The highest BCUT2D eigenvalue weighted by atomic mass is 16.6. The number of likely N-dealkylation sites (tertiary alicyclic amines) is 1. The number of amides is 3. The second-order valence-corrected chi connectivity index (χ2v) is 6.73. The number of anilines is 1. The molecule has 9 heteroatoms. The van der Waals surface area contributed by atoms with E-state index in [4.69, 9.17) is 9.26 Å². The minimum atomic E-state index is -0.327. The molecule has 1 aromatic heterocycles. The van der Waals surface area contributed by atoms with Crippen LogP contribution in [0.15, 0.2) is 10.6 Å². The maximum atomic E-state index is 12.3. The number of rotatable bonds is 5. The zero-order valence-corrected chi connectivity index (χ0v) is 15.0. The average Bonchev–Trinajstić information content (AvgIpc) is 3.33. The van der Waals surface area contributed by atoms with Crippen molar-refractivity contribution in [3.05, 3.63) is 11.8 Å². The first kappa shape index (κ1) is 18.2. The second-order valence-electron chi connectivity index (χ2n) is 6.73. The molecule has 2 aliphatic rings. The molecule has 1 aliphatic carbocycles. The van der Waals surface area contributed by atoms with Gasteiger partial charge in [0, 0.05) is 25.2 Å². The van der Waals surface area contributed by atoms with Gasteiger partial charge >= 0.3 is 6.09 Å². The average molecular weight is 364 g/mol. The van der Waals surface area contributed by atoms with Crippen molar-refractivity contribution in [2.45, 2.75) is 39.2 Å². The number of nitrogens with zero attached hydrogens (tertiary/aromatic N) is 2. The fourth-order valence-corrected chi connectivity index (χ4v) is 3.15. The van der Waals surface area contributed by atoms with Gasteiger partial charge in [0.1, 0.15) is 5.76 Å². The zero-order chi connectivity index (χ0) is 18.7. The third-order valence-corrected chi connectivity index (χ3v) is 4.71. The Hall–Kier alpha value is -2.58. The molecular weight excluding hydrogens is 340 g/mol. The van der Waals surface area contributed by atoms with E-state index in [2.05, 4.69) is 15.8 Å². The maximum Gasteiger partial charge on any atom is 0.409 e. The number of nitrogens with one attached hydrogen (secondary N) is 2. The van der Waals surface area contributed by atoms with Crippen molar-refractivity contribution in [2.75, 3.05) is 25.0 Å². The van der Waals surface area contributed by atoms with Crippen LogP contribution in [0.1, 0.15) is 31.9 Å². The number of hydrogen-bond acceptors (Lipinski definition) is 6. The molecule has 2 atom stereocenters. The molecular formula is C17H24N4O5. The highest BCUT2D eigenvalue weighted by Crippen LogP contribution is 2.39. The molecule has 9 nitrogen and oxygen atoms in total. The van der Waals surface area contributed by atoms with Gasteiger partial charge in [-0.15, -0.1) is 0 Å². The van der Waals surface area contributed by atoms with Gasteiger partial charge in [-0.25, -0.2) is 4.79 Å². The minimum Gasteiger partial charge on any atom is -0.450 e. The van der Waals surface area contributed by atoms with Gasteiger partial charge in [-0.3, -0.25) is 9.59 Å². The lowest BCUT2D eigenvalue weighted by Crippen LogP contribution is -2.47. The van der Waals surface area contributed by atoms with Crippen LogP contribution in [-0.2, 0) is 14.3 Å². The summed E-state index contributed by atoms with van der Waals surface area (Å²) in [5.74, 6) is 0.0359. The Bertz CT molecular complexity index is 680. The molecule has 2 unspecified atom stereocenters. The van der Waals surface area contributed by atoms with Crippen LogP contribution in [0.2, 0.25) is 0 Å². The van der Waals surface area contributed by atoms with Gasteiger partial charge < -0.3 is 24.8 Å². The number of aryl methyl sites for hydroxylation is 1. The molecule has 0 radical (unpaired) electrons. The van der Waals surface area contributed by atoms with Gasteiger partial charge in [-0.1, -0.05) is 5.16 Å². The monoisotopic (exact) mass is 364 g/mol. The quantitative estimate of drug-likeness (QED) is 0.814. The van der Waals surface area contributed by atoms with Gasteiger partial charge in [0.2, 0.25) is 11.8 Å². The third kappa shape index (κ3) is 4.33. The van der Waals surface area contributed by atoms with E-state index < -0.39 is 0 Å². The SMILES string of the molecule is CCOC(=O)N1CCC(NC(=O)C2CC2C(=O)Nc2cc(C)on2)CC1. The van der Waals surface area contributed by atoms with Gasteiger partial charge in [0.25, 0.3) is 0 Å². The molecule has 2 heterocycles. The predicted molar refractivity (Wildman–Crippen MR) is 91.2 cm³/mol. The smallest absolute Gasteiger partial charge is 0.409 e. The number of carbonyl (C=O) groups is 3. The molecule has 26 heavy (non-hydrogen) atoms. The summed E-state index contributed by atoms with van der Waals surface area (Å²) in [4.78, 5) is 37.8. The zero-order valence-electron chi connectivity index (χ0n) is 15.0. The number of piperidine rings is 1. The Morgan fingerprint density at radius 3 is 2.58 bits per heavy atom. The van der Waals surface area contributed by atoms with Crippen LogP contribution in [0, 0.1) is 18.8 Å². The summed E-state index contributed by atoms with van der Waals surface area (Å²) in [5.41, 5.74) is 0. The fraction of sp³-hybridized carbons (Fsp3) is 0.647. The van der Waals surface area contributed by atoms with Gasteiger partial charge in [-0.05, 0) is 33.1 Å². The van der Waals surface area contributed by atoms with Crippen molar-refractivity contribution in [2.24, 2.45) is 11.8 Å². The van der Waals surface area contributed by atoms with Gasteiger partial charge in [-0.2, -0.15) is 0 Å². The number of hydrogen-bond donors (Lipinski definition) is 2. The van der Waals surface area contributed by atoms with Crippen molar-refractivity contribution < 1.29 is 23.6 Å². The lowest BCUT2D eigenvalue weighted by molar-refractivity contribution is -0.126. The number of ether oxygens (including phenoxy) is 1. The van der Waals surface area contributed by atoms with E-state index in [1.807, 2.05) is 0 Å². The Morgan fingerprint density at radius 2 is 1.96 bits per heavy atom. The van der Waals surface area contributed by atoms with E-state index in [-0.39, 0.29) is 35.8 Å². The molecule has 1 aromatic rings. The van der Waals surface area contributed by atoms with Crippen molar-refractivity contribution in [3.63, 3.8) is 0 Å². The lowest BCUT2D eigenvalue weighted by atomic mass is 10.1. The predicted octanol–water partition coefficient (Wildman–Crippen LogP) is 1.29. The standard InChI is InChI=1S/C17H24N4O5/c1-3-25-17(24)21-6-4-11(5-7-21)18-15(22)12-9-13(12)16(23)19-14-8-10(2)26-20-14/h8,11-13H,3-7,9H2,1-2H3,(H,18,22)(H,19,20,23). The highest BCUT2D eigenvalue weighted by Gasteiger charge is 2.48. The minimum absolute atomic E-state index is 0.0238. The summed E-state index contributed by atoms with van der Waals surface area (Å²) >= 11 is 0. The van der Waals surface area contributed by atoms with E-state index in [0.29, 0.717) is 50.5 Å². The van der Waals surface area contributed by atoms with E-state index in [1.54, 1.807) is 24.8 Å². The van der Waals surface area contributed by atoms with Crippen molar-refractivity contribution in [1.29, 1.82) is 0 Å². The molecule has 3 amide bonds. The molecule has 142 valence electrons. The van der Waals surface area contributed by atoms with Crippen molar-refractivity contribution in [1.82, 2.24) is 15.4 Å². The third-order valence-electron chi connectivity index (χ3n) is 4.71. The van der Waals surface area contributed by atoms with Crippen LogP contribution in [0.5, 0.6) is 0 Å². The Balaban J connectivity index is 1.40. The largest absolute Gasteiger partial charge is 0.450 e. The van der Waals surface area contributed by atoms with Crippen LogP contribution in [0.3, 0.4) is 0 Å². The summed E-state index contributed by atoms with van der Waals surface area (Å²) in [6.07, 6.45) is 1.61. The fourth-order valence-electron chi connectivity index (χ4n) is 3.15. The first-order valence-corrected chi connectivity index (χ1v) is 8.94. The van der Waals surface area contributed by atoms with E-state index in [1.165, 1.54) is 0 Å². The molecule has 0 aromatic carbocycles. The summed E-state index contributed by atoms with van der Waals surface area (Å²) in [6, 6.07) is 1.66. The van der Waals surface area contributed by atoms with E-state index in [9.17, 15) is 14.4 Å². The molecule has 1 saturated carbocycles. The normalized spacial score (nSPS) is 22.6. The van der Waals surface area contributed by atoms with Crippen molar-refractivity contribution >= 4 is 23.7 Å². The topological polar surface area (TPSA) is 114 Å². The molecule has 0 spiro atoms. The summed E-state index contributed by atoms with van der Waals surface area (Å²) in [6.45, 7) is 4.99. The summed E-state index contributed by atoms with van der Waals surface area (Å²) < 4.78 is 9.88. The first-order valence-electron chi connectivity index (χ1n) is 8.94. The van der Waals surface area contributed by atoms with Gasteiger partial charge in [0.05, 0.1) is 18.4 Å². The van der Waals surface area contributed by atoms with Crippen LogP contribution >= 0.6 is 0 Å². The Morgan fingerprint density at radius 1 is 1.27 bits per heavy atom. The molecule has 0 bridgehead atoms.